The maximum atomic E-state index is 5.46. The van der Waals surface area contributed by atoms with Crippen molar-refractivity contribution in [2.24, 2.45) is 0 Å². The summed E-state index contributed by atoms with van der Waals surface area (Å²) in [5.74, 6) is 0.704. The first-order valence-corrected chi connectivity index (χ1v) is 5.45. The van der Waals surface area contributed by atoms with Gasteiger partial charge in [0.1, 0.15) is 6.26 Å². The number of aryl methyl sites for hydroxylation is 1. The van der Waals surface area contributed by atoms with Crippen molar-refractivity contribution in [2.75, 3.05) is 13.6 Å². The van der Waals surface area contributed by atoms with E-state index in [1.807, 2.05) is 19.2 Å². The molecule has 84 valence electrons. The first-order valence-electron chi connectivity index (χ1n) is 5.45. The van der Waals surface area contributed by atoms with E-state index < -0.39 is 0 Å². The Morgan fingerprint density at radius 3 is 3.00 bits per heavy atom. The maximum Gasteiger partial charge on any atom is 0.226 e. The highest BCUT2D eigenvalue weighted by Crippen LogP contribution is 2.19. The molecule has 0 unspecified atom stereocenters. The highest BCUT2D eigenvalue weighted by atomic mass is 16.3. The van der Waals surface area contributed by atoms with Crippen LogP contribution in [-0.4, -0.2) is 18.6 Å². The molecular weight excluding hydrogens is 200 g/mol. The van der Waals surface area contributed by atoms with Crippen LogP contribution in [0.2, 0.25) is 0 Å². The second kappa shape index (κ2) is 4.94. The van der Waals surface area contributed by atoms with Gasteiger partial charge in [-0.25, -0.2) is 4.98 Å². The Hall–Kier alpha value is -1.61. The Bertz CT molecular complexity index is 462. The van der Waals surface area contributed by atoms with Crippen molar-refractivity contribution in [1.82, 2.24) is 10.3 Å². The summed E-state index contributed by atoms with van der Waals surface area (Å²) in [6.45, 7) is 2.98. The number of aromatic nitrogens is 1. The molecule has 2 aromatic rings. The third-order valence-electron chi connectivity index (χ3n) is 2.45. The third kappa shape index (κ3) is 2.49. The summed E-state index contributed by atoms with van der Waals surface area (Å²) in [6, 6.07) is 8.17. The minimum atomic E-state index is 0.704. The van der Waals surface area contributed by atoms with E-state index in [0.29, 0.717) is 5.89 Å². The van der Waals surface area contributed by atoms with Gasteiger partial charge < -0.3 is 9.73 Å². The molecule has 3 heteroatoms. The summed E-state index contributed by atoms with van der Waals surface area (Å²) >= 11 is 0. The van der Waals surface area contributed by atoms with Crippen LogP contribution in [-0.2, 0) is 6.42 Å². The van der Waals surface area contributed by atoms with Crippen molar-refractivity contribution in [3.8, 4) is 11.5 Å². The first kappa shape index (κ1) is 10.9. The van der Waals surface area contributed by atoms with Gasteiger partial charge in [0.15, 0.2) is 0 Å². The van der Waals surface area contributed by atoms with E-state index in [1.54, 1.807) is 6.26 Å². The van der Waals surface area contributed by atoms with Gasteiger partial charge in [-0.05, 0) is 26.1 Å². The predicted molar refractivity (Wildman–Crippen MR) is 64.3 cm³/mol. The molecule has 1 N–H and O–H groups in total. The lowest BCUT2D eigenvalue weighted by molar-refractivity contribution is 0.572. The summed E-state index contributed by atoms with van der Waals surface area (Å²) in [4.78, 5) is 4.45. The molecule has 0 fully saturated rings. The molecule has 0 saturated carbocycles. The molecular formula is C13H16N2O. The monoisotopic (exact) mass is 216 g/mol. The van der Waals surface area contributed by atoms with Gasteiger partial charge >= 0.3 is 0 Å². The van der Waals surface area contributed by atoms with Gasteiger partial charge in [-0.3, -0.25) is 0 Å². The van der Waals surface area contributed by atoms with Crippen LogP contribution >= 0.6 is 0 Å². The number of nitrogens with zero attached hydrogens (tertiary/aromatic N) is 1. The second-order valence-electron chi connectivity index (χ2n) is 3.87. The number of hydrogen-bond donors (Lipinski definition) is 1. The van der Waals surface area contributed by atoms with Crippen LogP contribution in [0.15, 0.2) is 34.9 Å². The SMILES string of the molecule is CNCCc1coc(-c2cccc(C)c2)n1. The number of nitrogens with one attached hydrogen (secondary N) is 1. The summed E-state index contributed by atoms with van der Waals surface area (Å²) < 4.78 is 5.46. The molecule has 2 rings (SSSR count). The van der Waals surface area contributed by atoms with Gasteiger partial charge in [-0.2, -0.15) is 0 Å². The van der Waals surface area contributed by atoms with E-state index in [4.69, 9.17) is 4.42 Å². The van der Waals surface area contributed by atoms with Crippen molar-refractivity contribution < 1.29 is 4.42 Å². The highest BCUT2D eigenvalue weighted by Gasteiger charge is 2.05. The highest BCUT2D eigenvalue weighted by molar-refractivity contribution is 5.54. The lowest BCUT2D eigenvalue weighted by Crippen LogP contribution is -2.10. The molecule has 1 aromatic carbocycles. The average Bonchev–Trinajstić information content (AvgIpc) is 2.75. The zero-order chi connectivity index (χ0) is 11.4. The van der Waals surface area contributed by atoms with Gasteiger partial charge in [-0.1, -0.05) is 17.7 Å². The fourth-order valence-corrected chi connectivity index (χ4v) is 1.59. The zero-order valence-electron chi connectivity index (χ0n) is 9.66. The largest absolute Gasteiger partial charge is 0.444 e. The van der Waals surface area contributed by atoms with Crippen molar-refractivity contribution in [1.29, 1.82) is 0 Å². The number of likely N-dealkylation sites (N-methyl/N-ethyl adjacent to an activating group) is 1. The Balaban J connectivity index is 2.18. The molecule has 1 aromatic heterocycles. The fraction of sp³-hybridized carbons (Fsp3) is 0.308. The molecule has 0 aliphatic heterocycles. The van der Waals surface area contributed by atoms with E-state index in [9.17, 15) is 0 Å². The summed E-state index contributed by atoms with van der Waals surface area (Å²) in [5.41, 5.74) is 3.24. The van der Waals surface area contributed by atoms with Crippen molar-refractivity contribution in [2.45, 2.75) is 13.3 Å². The van der Waals surface area contributed by atoms with Crippen LogP contribution in [0.3, 0.4) is 0 Å². The Morgan fingerprint density at radius 1 is 1.38 bits per heavy atom. The van der Waals surface area contributed by atoms with E-state index in [0.717, 1.165) is 24.2 Å². The molecule has 3 nitrogen and oxygen atoms in total. The molecule has 0 bridgehead atoms. The van der Waals surface area contributed by atoms with E-state index >= 15 is 0 Å². The average molecular weight is 216 g/mol. The molecule has 0 spiro atoms. The quantitative estimate of drug-likeness (QED) is 0.853. The minimum Gasteiger partial charge on any atom is -0.444 e. The van der Waals surface area contributed by atoms with Gasteiger partial charge in [0.25, 0.3) is 0 Å². The topological polar surface area (TPSA) is 38.1 Å². The summed E-state index contributed by atoms with van der Waals surface area (Å²) in [5, 5.41) is 3.09. The van der Waals surface area contributed by atoms with Crippen LogP contribution in [0, 0.1) is 6.92 Å². The number of oxazole rings is 1. The van der Waals surface area contributed by atoms with Crippen molar-refractivity contribution in [3.05, 3.63) is 41.8 Å². The Labute approximate surface area is 95.5 Å². The molecule has 0 amide bonds. The normalized spacial score (nSPS) is 10.6. The molecule has 0 aliphatic carbocycles. The number of hydrogen-bond acceptors (Lipinski definition) is 3. The lowest BCUT2D eigenvalue weighted by atomic mass is 10.1. The van der Waals surface area contributed by atoms with Crippen molar-refractivity contribution in [3.63, 3.8) is 0 Å². The molecule has 0 atom stereocenters. The predicted octanol–water partition coefficient (Wildman–Crippen LogP) is 2.41. The molecule has 0 radical (unpaired) electrons. The van der Waals surface area contributed by atoms with Crippen LogP contribution in [0.1, 0.15) is 11.3 Å². The van der Waals surface area contributed by atoms with Crippen LogP contribution in [0.5, 0.6) is 0 Å². The number of rotatable bonds is 4. The smallest absolute Gasteiger partial charge is 0.226 e. The van der Waals surface area contributed by atoms with Gasteiger partial charge in [0.05, 0.1) is 5.69 Å². The zero-order valence-corrected chi connectivity index (χ0v) is 9.66. The van der Waals surface area contributed by atoms with Crippen LogP contribution in [0.25, 0.3) is 11.5 Å². The van der Waals surface area contributed by atoms with E-state index in [-0.39, 0.29) is 0 Å². The minimum absolute atomic E-state index is 0.704. The van der Waals surface area contributed by atoms with E-state index in [2.05, 4.69) is 29.4 Å². The summed E-state index contributed by atoms with van der Waals surface area (Å²) in [6.07, 6.45) is 2.63. The maximum absolute atomic E-state index is 5.46. The van der Waals surface area contributed by atoms with Crippen LogP contribution in [0.4, 0.5) is 0 Å². The van der Waals surface area contributed by atoms with E-state index in [1.165, 1.54) is 5.56 Å². The van der Waals surface area contributed by atoms with Crippen LogP contribution < -0.4 is 5.32 Å². The van der Waals surface area contributed by atoms with Gasteiger partial charge in [0, 0.05) is 18.5 Å². The molecule has 16 heavy (non-hydrogen) atoms. The Morgan fingerprint density at radius 2 is 2.25 bits per heavy atom. The molecule has 0 saturated heterocycles. The second-order valence-corrected chi connectivity index (χ2v) is 3.87. The molecule has 0 aliphatic rings. The fourth-order valence-electron chi connectivity index (χ4n) is 1.59. The lowest BCUT2D eigenvalue weighted by Gasteiger charge is -1.96. The summed E-state index contributed by atoms with van der Waals surface area (Å²) in [7, 11) is 1.93. The first-order chi connectivity index (χ1) is 7.79. The number of benzene rings is 1. The van der Waals surface area contributed by atoms with Crippen molar-refractivity contribution >= 4 is 0 Å². The van der Waals surface area contributed by atoms with Gasteiger partial charge in [-0.15, -0.1) is 0 Å². The molecule has 1 heterocycles. The third-order valence-corrected chi connectivity index (χ3v) is 2.45. The van der Waals surface area contributed by atoms with Gasteiger partial charge in [0.2, 0.25) is 5.89 Å². The standard InChI is InChI=1S/C13H16N2O/c1-10-4-3-5-11(8-10)13-15-12(9-16-13)6-7-14-2/h3-5,8-9,14H,6-7H2,1-2H3. The Kier molecular flexibility index (Phi) is 3.37.